The van der Waals surface area contributed by atoms with Crippen LogP contribution in [0.15, 0.2) is 12.5 Å². The van der Waals surface area contributed by atoms with Crippen LogP contribution in [0.3, 0.4) is 0 Å². The first-order chi connectivity index (χ1) is 6.65. The second-order valence-corrected chi connectivity index (χ2v) is 4.79. The number of anilines is 1. The maximum Gasteiger partial charge on any atom is 0.145 e. The fourth-order valence-electron chi connectivity index (χ4n) is 1.35. The summed E-state index contributed by atoms with van der Waals surface area (Å²) in [5.74, 6) is 1.71. The Morgan fingerprint density at radius 3 is 2.71 bits per heavy atom. The van der Waals surface area contributed by atoms with E-state index in [1.54, 1.807) is 6.33 Å². The van der Waals surface area contributed by atoms with Gasteiger partial charge < -0.3 is 4.90 Å². The van der Waals surface area contributed by atoms with Crippen LogP contribution < -0.4 is 4.90 Å². The number of aromatic nitrogens is 2. The van der Waals surface area contributed by atoms with Crippen molar-refractivity contribution in [2.24, 2.45) is 5.92 Å². The largest absolute Gasteiger partial charge is 0.356 e. The van der Waals surface area contributed by atoms with Gasteiger partial charge in [-0.2, -0.15) is 0 Å². The molecule has 14 heavy (non-hydrogen) atoms. The molecule has 0 amide bonds. The smallest absolute Gasteiger partial charge is 0.145 e. The first-order valence-electron chi connectivity index (χ1n) is 4.85. The summed E-state index contributed by atoms with van der Waals surface area (Å²) in [4.78, 5) is 10.6. The summed E-state index contributed by atoms with van der Waals surface area (Å²) < 4.78 is 1.12. The molecule has 4 heteroatoms. The first kappa shape index (κ1) is 11.7. The average Bonchev–Trinajstić information content (AvgIpc) is 2.15. The number of hydrogen-bond donors (Lipinski definition) is 0. The molecule has 0 atom stereocenters. The molecule has 0 fully saturated rings. The molecular weight excluding hydrogens is 289 g/mol. The molecule has 1 aromatic heterocycles. The third-order valence-electron chi connectivity index (χ3n) is 1.91. The zero-order chi connectivity index (χ0) is 10.6. The number of halogens is 1. The van der Waals surface area contributed by atoms with Gasteiger partial charge in [0.15, 0.2) is 0 Å². The van der Waals surface area contributed by atoms with E-state index in [4.69, 9.17) is 0 Å². The minimum absolute atomic E-state index is 0.653. The molecule has 0 aliphatic rings. The monoisotopic (exact) mass is 305 g/mol. The topological polar surface area (TPSA) is 29.0 Å². The van der Waals surface area contributed by atoms with Gasteiger partial charge in [-0.25, -0.2) is 9.97 Å². The van der Waals surface area contributed by atoms with Crippen molar-refractivity contribution >= 4 is 28.4 Å². The van der Waals surface area contributed by atoms with Crippen LogP contribution in [0.5, 0.6) is 0 Å². The van der Waals surface area contributed by atoms with Crippen molar-refractivity contribution in [2.45, 2.75) is 20.8 Å². The summed E-state index contributed by atoms with van der Waals surface area (Å²) in [6.07, 6.45) is 3.46. The van der Waals surface area contributed by atoms with Gasteiger partial charge in [0, 0.05) is 19.3 Å². The first-order valence-corrected chi connectivity index (χ1v) is 5.93. The lowest BCUT2D eigenvalue weighted by atomic mass is 10.2. The Balaban J connectivity index is 2.83. The standard InChI is InChI=1S/C10H16IN3/c1-4-14(6-8(2)3)10-9(11)5-12-7-13-10/h5,7-8H,4,6H2,1-3H3. The fourth-order valence-corrected chi connectivity index (χ4v) is 1.99. The zero-order valence-electron chi connectivity index (χ0n) is 8.87. The summed E-state index contributed by atoms with van der Waals surface area (Å²) in [6.45, 7) is 8.63. The highest BCUT2D eigenvalue weighted by atomic mass is 127. The SMILES string of the molecule is CCN(CC(C)C)c1ncncc1I. The highest BCUT2D eigenvalue weighted by Crippen LogP contribution is 2.18. The Hall–Kier alpha value is -0.390. The van der Waals surface area contributed by atoms with E-state index in [0.717, 1.165) is 22.5 Å². The molecule has 0 aromatic carbocycles. The predicted octanol–water partition coefficient (Wildman–Crippen LogP) is 2.56. The lowest BCUT2D eigenvalue weighted by Crippen LogP contribution is -2.28. The number of hydrogen-bond acceptors (Lipinski definition) is 3. The number of nitrogens with zero attached hydrogens (tertiary/aromatic N) is 3. The van der Waals surface area contributed by atoms with E-state index in [-0.39, 0.29) is 0 Å². The summed E-state index contributed by atoms with van der Waals surface area (Å²) in [5.41, 5.74) is 0. The van der Waals surface area contributed by atoms with Crippen LogP contribution in [0.2, 0.25) is 0 Å². The van der Waals surface area contributed by atoms with Crippen LogP contribution in [0, 0.1) is 9.49 Å². The van der Waals surface area contributed by atoms with E-state index in [1.165, 1.54) is 0 Å². The van der Waals surface area contributed by atoms with E-state index in [0.29, 0.717) is 5.92 Å². The van der Waals surface area contributed by atoms with Gasteiger partial charge >= 0.3 is 0 Å². The quantitative estimate of drug-likeness (QED) is 0.801. The molecule has 78 valence electrons. The minimum atomic E-state index is 0.653. The third-order valence-corrected chi connectivity index (χ3v) is 2.68. The molecular formula is C10H16IN3. The maximum atomic E-state index is 4.31. The van der Waals surface area contributed by atoms with Crippen molar-refractivity contribution in [1.82, 2.24) is 9.97 Å². The molecule has 0 spiro atoms. The molecule has 0 aliphatic heterocycles. The summed E-state index contributed by atoms with van der Waals surface area (Å²) in [6, 6.07) is 0. The van der Waals surface area contributed by atoms with Crippen molar-refractivity contribution in [1.29, 1.82) is 0 Å². The van der Waals surface area contributed by atoms with E-state index in [1.807, 2.05) is 6.20 Å². The van der Waals surface area contributed by atoms with Crippen molar-refractivity contribution in [3.63, 3.8) is 0 Å². The van der Waals surface area contributed by atoms with E-state index < -0.39 is 0 Å². The Bertz CT molecular complexity index is 288. The highest BCUT2D eigenvalue weighted by Gasteiger charge is 2.10. The molecule has 0 radical (unpaired) electrons. The summed E-state index contributed by atoms with van der Waals surface area (Å²) in [5, 5.41) is 0. The summed E-state index contributed by atoms with van der Waals surface area (Å²) in [7, 11) is 0. The van der Waals surface area contributed by atoms with E-state index in [2.05, 4.69) is 58.2 Å². The van der Waals surface area contributed by atoms with Crippen LogP contribution in [0.25, 0.3) is 0 Å². The summed E-state index contributed by atoms with van der Waals surface area (Å²) >= 11 is 2.28. The van der Waals surface area contributed by atoms with Gasteiger partial charge in [-0.1, -0.05) is 13.8 Å². The molecule has 0 bridgehead atoms. The molecule has 3 nitrogen and oxygen atoms in total. The Morgan fingerprint density at radius 1 is 1.50 bits per heavy atom. The van der Waals surface area contributed by atoms with Crippen molar-refractivity contribution < 1.29 is 0 Å². The average molecular weight is 305 g/mol. The van der Waals surface area contributed by atoms with Crippen molar-refractivity contribution in [3.8, 4) is 0 Å². The molecule has 0 N–H and O–H groups in total. The maximum absolute atomic E-state index is 4.31. The highest BCUT2D eigenvalue weighted by molar-refractivity contribution is 14.1. The fraction of sp³-hybridized carbons (Fsp3) is 0.600. The van der Waals surface area contributed by atoms with Gasteiger partial charge in [-0.3, -0.25) is 0 Å². The van der Waals surface area contributed by atoms with Crippen LogP contribution in [-0.2, 0) is 0 Å². The van der Waals surface area contributed by atoms with Gasteiger partial charge in [-0.15, -0.1) is 0 Å². The Morgan fingerprint density at radius 2 is 2.21 bits per heavy atom. The second-order valence-electron chi connectivity index (χ2n) is 3.63. The van der Waals surface area contributed by atoms with Crippen LogP contribution in [0.1, 0.15) is 20.8 Å². The molecule has 0 unspecified atom stereocenters. The Kier molecular flexibility index (Phi) is 4.57. The molecule has 1 heterocycles. The third kappa shape index (κ3) is 3.08. The van der Waals surface area contributed by atoms with E-state index >= 15 is 0 Å². The van der Waals surface area contributed by atoms with Gasteiger partial charge in [0.25, 0.3) is 0 Å². The zero-order valence-corrected chi connectivity index (χ0v) is 11.0. The van der Waals surface area contributed by atoms with Gasteiger partial charge in [0.05, 0.1) is 3.57 Å². The number of rotatable bonds is 4. The van der Waals surface area contributed by atoms with Crippen LogP contribution in [-0.4, -0.2) is 23.1 Å². The molecule has 0 saturated carbocycles. The lowest BCUT2D eigenvalue weighted by molar-refractivity contribution is 0.613. The van der Waals surface area contributed by atoms with Crippen molar-refractivity contribution in [3.05, 3.63) is 16.1 Å². The van der Waals surface area contributed by atoms with Crippen molar-refractivity contribution in [2.75, 3.05) is 18.0 Å². The Labute approximate surface area is 99.1 Å². The van der Waals surface area contributed by atoms with Gasteiger partial charge in [0.2, 0.25) is 0 Å². The second kappa shape index (κ2) is 5.48. The predicted molar refractivity (Wildman–Crippen MR) is 67.5 cm³/mol. The van der Waals surface area contributed by atoms with Gasteiger partial charge in [-0.05, 0) is 35.4 Å². The molecule has 1 aromatic rings. The minimum Gasteiger partial charge on any atom is -0.356 e. The van der Waals surface area contributed by atoms with E-state index in [9.17, 15) is 0 Å². The van der Waals surface area contributed by atoms with Crippen LogP contribution >= 0.6 is 22.6 Å². The molecule has 0 saturated heterocycles. The normalized spacial score (nSPS) is 10.6. The van der Waals surface area contributed by atoms with Gasteiger partial charge in [0.1, 0.15) is 12.1 Å². The molecule has 0 aliphatic carbocycles. The van der Waals surface area contributed by atoms with Crippen LogP contribution in [0.4, 0.5) is 5.82 Å². The molecule has 1 rings (SSSR count). The lowest BCUT2D eigenvalue weighted by Gasteiger charge is -2.24.